The van der Waals surface area contributed by atoms with Crippen LogP contribution in [0.4, 0.5) is 11.4 Å². The minimum absolute atomic E-state index is 0.0518. The summed E-state index contributed by atoms with van der Waals surface area (Å²) in [5.74, 6) is -1.21. The van der Waals surface area contributed by atoms with E-state index in [2.05, 4.69) is 10.6 Å². The number of nitrogens with one attached hydrogen (secondary N) is 2. The van der Waals surface area contributed by atoms with Gasteiger partial charge < -0.3 is 15.4 Å². The third-order valence-electron chi connectivity index (χ3n) is 4.31. The molecule has 0 aliphatic heterocycles. The molecule has 2 aromatic rings. The predicted octanol–water partition coefficient (Wildman–Crippen LogP) is 2.47. The number of hydrogen-bond acceptors (Lipinski definition) is 6. The summed E-state index contributed by atoms with van der Waals surface area (Å²) >= 11 is 0. The van der Waals surface area contributed by atoms with Gasteiger partial charge in [0.15, 0.2) is 6.10 Å². The molecule has 0 aliphatic rings. The Kier molecular flexibility index (Phi) is 6.99. The Morgan fingerprint density at radius 2 is 1.72 bits per heavy atom. The number of rotatable bonds is 7. The maximum atomic E-state index is 12.5. The summed E-state index contributed by atoms with van der Waals surface area (Å²) in [5, 5.41) is 5.53. The number of amides is 1. The van der Waals surface area contributed by atoms with E-state index in [4.69, 9.17) is 4.74 Å². The molecule has 1 atom stereocenters. The van der Waals surface area contributed by atoms with Crippen LogP contribution in [0.15, 0.2) is 47.4 Å². The molecule has 0 saturated heterocycles. The van der Waals surface area contributed by atoms with Gasteiger partial charge in [0.2, 0.25) is 10.0 Å². The summed E-state index contributed by atoms with van der Waals surface area (Å²) in [6.45, 7) is 3.19. The molecule has 2 N–H and O–H groups in total. The fraction of sp³-hybridized carbons (Fsp3) is 0.300. The molecule has 1 unspecified atom stereocenters. The van der Waals surface area contributed by atoms with Crippen molar-refractivity contribution in [3.8, 4) is 0 Å². The van der Waals surface area contributed by atoms with Crippen LogP contribution >= 0.6 is 0 Å². The van der Waals surface area contributed by atoms with Crippen molar-refractivity contribution in [2.75, 3.05) is 31.8 Å². The van der Waals surface area contributed by atoms with Gasteiger partial charge in [-0.1, -0.05) is 18.2 Å². The summed E-state index contributed by atoms with van der Waals surface area (Å²) in [6.07, 6.45) is -1.08. The van der Waals surface area contributed by atoms with Gasteiger partial charge in [-0.05, 0) is 43.7 Å². The molecule has 156 valence electrons. The van der Waals surface area contributed by atoms with Crippen molar-refractivity contribution in [2.45, 2.75) is 24.8 Å². The number of carbonyl (C=O) groups is 2. The highest BCUT2D eigenvalue weighted by molar-refractivity contribution is 7.89. The van der Waals surface area contributed by atoms with Gasteiger partial charge in [0.1, 0.15) is 0 Å². The van der Waals surface area contributed by atoms with Gasteiger partial charge in [-0.2, -0.15) is 0 Å². The second kappa shape index (κ2) is 9.06. The first-order valence-corrected chi connectivity index (χ1v) is 10.3. The lowest BCUT2D eigenvalue weighted by molar-refractivity contribution is -0.123. The fourth-order valence-electron chi connectivity index (χ4n) is 2.50. The van der Waals surface area contributed by atoms with Crippen LogP contribution in [0, 0.1) is 6.92 Å². The van der Waals surface area contributed by atoms with E-state index in [1.54, 1.807) is 44.3 Å². The minimum atomic E-state index is -3.65. The molecule has 1 amide bonds. The Morgan fingerprint density at radius 1 is 1.07 bits per heavy atom. The highest BCUT2D eigenvalue weighted by atomic mass is 32.2. The second-order valence-electron chi connectivity index (χ2n) is 6.60. The van der Waals surface area contributed by atoms with Gasteiger partial charge >= 0.3 is 5.97 Å². The molecule has 0 heterocycles. The molecule has 0 fully saturated rings. The van der Waals surface area contributed by atoms with Crippen LogP contribution in [0.1, 0.15) is 22.8 Å². The zero-order valence-corrected chi connectivity index (χ0v) is 17.8. The maximum Gasteiger partial charge on any atom is 0.341 e. The van der Waals surface area contributed by atoms with E-state index in [0.717, 1.165) is 4.31 Å². The molecule has 29 heavy (non-hydrogen) atoms. The number of esters is 1. The van der Waals surface area contributed by atoms with Crippen molar-refractivity contribution >= 4 is 33.3 Å². The molecule has 0 aromatic heterocycles. The van der Waals surface area contributed by atoms with Crippen molar-refractivity contribution in [1.29, 1.82) is 0 Å². The predicted molar refractivity (Wildman–Crippen MR) is 112 cm³/mol. The van der Waals surface area contributed by atoms with E-state index in [-0.39, 0.29) is 4.90 Å². The largest absolute Gasteiger partial charge is 0.449 e. The zero-order chi connectivity index (χ0) is 21.8. The monoisotopic (exact) mass is 419 g/mol. The molecule has 0 bridgehead atoms. The Balaban J connectivity index is 2.16. The van der Waals surface area contributed by atoms with Gasteiger partial charge in [0.25, 0.3) is 5.91 Å². The van der Waals surface area contributed by atoms with E-state index >= 15 is 0 Å². The van der Waals surface area contributed by atoms with Crippen LogP contribution < -0.4 is 10.6 Å². The van der Waals surface area contributed by atoms with E-state index in [9.17, 15) is 18.0 Å². The van der Waals surface area contributed by atoms with Crippen LogP contribution in [-0.4, -0.2) is 51.8 Å². The average Bonchev–Trinajstić information content (AvgIpc) is 2.69. The molecule has 8 nitrogen and oxygen atoms in total. The highest BCUT2D eigenvalue weighted by Crippen LogP contribution is 2.22. The fourth-order valence-corrected chi connectivity index (χ4v) is 3.43. The van der Waals surface area contributed by atoms with Crippen LogP contribution in [0.2, 0.25) is 0 Å². The van der Waals surface area contributed by atoms with E-state index in [1.807, 2.05) is 0 Å². The van der Waals surface area contributed by atoms with Crippen LogP contribution in [0.3, 0.4) is 0 Å². The first-order valence-electron chi connectivity index (χ1n) is 8.89. The summed E-state index contributed by atoms with van der Waals surface area (Å²) in [5.41, 5.74) is 1.90. The van der Waals surface area contributed by atoms with Crippen molar-refractivity contribution in [1.82, 2.24) is 4.31 Å². The van der Waals surface area contributed by atoms with E-state index < -0.39 is 28.0 Å². The summed E-state index contributed by atoms with van der Waals surface area (Å²) in [6, 6.07) is 11.2. The Bertz CT molecular complexity index is 1020. The lowest BCUT2D eigenvalue weighted by atomic mass is 10.2. The number of nitrogens with zero attached hydrogens (tertiary/aromatic N) is 1. The normalized spacial score (nSPS) is 12.3. The number of ether oxygens (including phenoxy) is 1. The Hall–Kier alpha value is -2.91. The van der Waals surface area contributed by atoms with Crippen LogP contribution in [-0.2, 0) is 19.6 Å². The smallest absolute Gasteiger partial charge is 0.341 e. The standard InChI is InChI=1S/C20H25N3O5S/c1-13-10-11-15(29(26,27)23(4)5)12-18(13)22-19(24)14(2)28-20(25)16-8-6-7-9-17(16)21-3/h6-12,14,21H,1-5H3,(H,22,24). The summed E-state index contributed by atoms with van der Waals surface area (Å²) in [7, 11) is 0.892. The van der Waals surface area contributed by atoms with Crippen LogP contribution in [0.25, 0.3) is 0 Å². The molecule has 2 aromatic carbocycles. The Morgan fingerprint density at radius 3 is 2.34 bits per heavy atom. The van der Waals surface area contributed by atoms with Gasteiger partial charge in [-0.3, -0.25) is 4.79 Å². The first kappa shape index (κ1) is 22.4. The third kappa shape index (κ3) is 5.12. The number of benzene rings is 2. The van der Waals surface area contributed by atoms with Crippen molar-refractivity contribution < 1.29 is 22.7 Å². The second-order valence-corrected chi connectivity index (χ2v) is 8.75. The summed E-state index contributed by atoms with van der Waals surface area (Å²) < 4.78 is 31.0. The number of sulfonamides is 1. The third-order valence-corrected chi connectivity index (χ3v) is 6.13. The number of carbonyl (C=O) groups excluding carboxylic acids is 2. The number of hydrogen-bond donors (Lipinski definition) is 2. The topological polar surface area (TPSA) is 105 Å². The van der Waals surface area contributed by atoms with E-state index in [0.29, 0.717) is 22.5 Å². The lowest BCUT2D eigenvalue weighted by Gasteiger charge is -2.17. The molecule has 0 aliphatic carbocycles. The van der Waals surface area contributed by atoms with E-state index in [1.165, 1.54) is 33.2 Å². The van der Waals surface area contributed by atoms with Crippen molar-refractivity contribution in [3.05, 3.63) is 53.6 Å². The van der Waals surface area contributed by atoms with Gasteiger partial charge in [-0.15, -0.1) is 0 Å². The number of para-hydroxylation sites is 1. The SMILES string of the molecule is CNc1ccccc1C(=O)OC(C)C(=O)Nc1cc(S(=O)(=O)N(C)C)ccc1C. The summed E-state index contributed by atoms with van der Waals surface area (Å²) in [4.78, 5) is 25.0. The minimum Gasteiger partial charge on any atom is -0.449 e. The Labute approximate surface area is 170 Å². The van der Waals surface area contributed by atoms with Crippen LogP contribution in [0.5, 0.6) is 0 Å². The van der Waals surface area contributed by atoms with Gasteiger partial charge in [0, 0.05) is 32.5 Å². The van der Waals surface area contributed by atoms with Gasteiger partial charge in [-0.25, -0.2) is 17.5 Å². The molecular weight excluding hydrogens is 394 g/mol. The van der Waals surface area contributed by atoms with Crippen molar-refractivity contribution in [2.24, 2.45) is 0 Å². The molecule has 2 rings (SSSR count). The maximum absolute atomic E-state index is 12.5. The molecule has 0 radical (unpaired) electrons. The average molecular weight is 420 g/mol. The molecular formula is C20H25N3O5S. The lowest BCUT2D eigenvalue weighted by Crippen LogP contribution is -2.30. The number of aryl methyl sites for hydroxylation is 1. The molecule has 9 heteroatoms. The number of anilines is 2. The molecule has 0 saturated carbocycles. The van der Waals surface area contributed by atoms with Crippen molar-refractivity contribution in [3.63, 3.8) is 0 Å². The first-order chi connectivity index (χ1) is 13.6. The zero-order valence-electron chi connectivity index (χ0n) is 17.0. The quantitative estimate of drug-likeness (QED) is 0.668. The molecule has 0 spiro atoms. The van der Waals surface area contributed by atoms with Gasteiger partial charge in [0.05, 0.1) is 10.5 Å². The highest BCUT2D eigenvalue weighted by Gasteiger charge is 2.23.